The molecule has 1 aromatic carbocycles. The van der Waals surface area contributed by atoms with Gasteiger partial charge in [-0.2, -0.15) is 0 Å². The van der Waals surface area contributed by atoms with Crippen LogP contribution in [0.15, 0.2) is 29.3 Å². The van der Waals surface area contributed by atoms with Crippen molar-refractivity contribution in [2.75, 3.05) is 19.3 Å². The van der Waals surface area contributed by atoms with Gasteiger partial charge in [-0.05, 0) is 39.2 Å². The number of rotatable bonds is 5. The minimum atomic E-state index is -0.537. The second-order valence-electron chi connectivity index (χ2n) is 6.53. The number of nitro benzene ring substituents is 1. The number of nitrogens with one attached hydrogen (secondary N) is 2. The highest BCUT2D eigenvalue weighted by molar-refractivity contribution is 8.13. The molecule has 0 saturated heterocycles. The molecular weight excluding hydrogens is 356 g/mol. The first-order chi connectivity index (χ1) is 12.2. The number of amides is 1. The number of aromatic amines is 1. The zero-order chi connectivity index (χ0) is 19.3. The summed E-state index contributed by atoms with van der Waals surface area (Å²) in [5.41, 5.74) is 0.966. The van der Waals surface area contributed by atoms with E-state index in [9.17, 15) is 14.9 Å². The van der Waals surface area contributed by atoms with Gasteiger partial charge in [-0.3, -0.25) is 15.1 Å². The number of ether oxygens (including phenoxy) is 1. The molecule has 8 nitrogen and oxygen atoms in total. The second kappa shape index (κ2) is 8.22. The number of hydrogen-bond donors (Lipinski definition) is 2. The molecule has 140 valence electrons. The van der Waals surface area contributed by atoms with Crippen LogP contribution in [0.2, 0.25) is 0 Å². The van der Waals surface area contributed by atoms with E-state index in [0.29, 0.717) is 18.6 Å². The number of carbonyl (C=O) groups is 1. The van der Waals surface area contributed by atoms with Crippen LogP contribution in [0, 0.1) is 10.1 Å². The van der Waals surface area contributed by atoms with E-state index in [0.717, 1.165) is 16.1 Å². The van der Waals surface area contributed by atoms with Gasteiger partial charge in [0.15, 0.2) is 0 Å². The summed E-state index contributed by atoms with van der Waals surface area (Å²) in [6, 6.07) is 6.58. The van der Waals surface area contributed by atoms with Crippen molar-refractivity contribution in [3.8, 4) is 0 Å². The molecule has 2 aromatic rings. The zero-order valence-electron chi connectivity index (χ0n) is 15.2. The van der Waals surface area contributed by atoms with Crippen molar-refractivity contribution >= 4 is 39.5 Å². The van der Waals surface area contributed by atoms with Crippen LogP contribution < -0.4 is 5.32 Å². The van der Waals surface area contributed by atoms with E-state index >= 15 is 0 Å². The fourth-order valence-electron chi connectivity index (χ4n) is 2.23. The normalized spacial score (nSPS) is 12.2. The number of nitrogens with zero attached hydrogens (tertiary/aromatic N) is 2. The first kappa shape index (κ1) is 19.8. The van der Waals surface area contributed by atoms with Crippen LogP contribution in [-0.4, -0.2) is 46.0 Å². The first-order valence-electron chi connectivity index (χ1n) is 8.02. The summed E-state index contributed by atoms with van der Waals surface area (Å²) in [6.07, 6.45) is 1.42. The van der Waals surface area contributed by atoms with Crippen LogP contribution in [0.5, 0.6) is 0 Å². The van der Waals surface area contributed by atoms with Crippen LogP contribution in [0.25, 0.3) is 10.9 Å². The highest BCUT2D eigenvalue weighted by Gasteiger charge is 2.15. The second-order valence-corrected chi connectivity index (χ2v) is 7.33. The van der Waals surface area contributed by atoms with Gasteiger partial charge in [0.05, 0.1) is 22.7 Å². The Morgan fingerprint density at radius 1 is 1.38 bits per heavy atom. The number of hydrogen-bond acceptors (Lipinski definition) is 6. The van der Waals surface area contributed by atoms with Gasteiger partial charge < -0.3 is 15.0 Å². The molecule has 2 rings (SSSR count). The molecule has 0 unspecified atom stereocenters. The van der Waals surface area contributed by atoms with Gasteiger partial charge in [0.2, 0.25) is 0 Å². The van der Waals surface area contributed by atoms with Crippen LogP contribution in [0.1, 0.15) is 26.5 Å². The summed E-state index contributed by atoms with van der Waals surface area (Å²) >= 11 is 1.46. The highest BCUT2D eigenvalue weighted by Crippen LogP contribution is 2.23. The van der Waals surface area contributed by atoms with Gasteiger partial charge in [0.1, 0.15) is 10.6 Å². The van der Waals surface area contributed by atoms with Crippen molar-refractivity contribution in [1.29, 1.82) is 0 Å². The summed E-state index contributed by atoms with van der Waals surface area (Å²) in [7, 11) is 0. The lowest BCUT2D eigenvalue weighted by molar-refractivity contribution is -0.384. The van der Waals surface area contributed by atoms with Crippen molar-refractivity contribution in [2.24, 2.45) is 4.99 Å². The maximum Gasteiger partial charge on any atom is 0.407 e. The molecule has 1 amide bonds. The number of aromatic nitrogens is 1. The molecule has 2 N–H and O–H groups in total. The van der Waals surface area contributed by atoms with Crippen molar-refractivity contribution < 1.29 is 14.5 Å². The van der Waals surface area contributed by atoms with E-state index < -0.39 is 16.6 Å². The molecular formula is C17H22N4O4S. The highest BCUT2D eigenvalue weighted by atomic mass is 32.2. The Balaban J connectivity index is 2.03. The molecule has 9 heteroatoms. The molecule has 0 radical (unpaired) electrons. The maximum atomic E-state index is 11.6. The molecule has 0 fully saturated rings. The average molecular weight is 378 g/mol. The van der Waals surface area contributed by atoms with Crippen molar-refractivity contribution in [1.82, 2.24) is 10.3 Å². The smallest absolute Gasteiger partial charge is 0.407 e. The van der Waals surface area contributed by atoms with Crippen LogP contribution in [0.3, 0.4) is 0 Å². The third-order valence-corrected chi connectivity index (χ3v) is 4.01. The fraction of sp³-hybridized carbons (Fsp3) is 0.412. The van der Waals surface area contributed by atoms with Crippen LogP contribution in [-0.2, 0) is 4.74 Å². The Kier molecular flexibility index (Phi) is 6.25. The summed E-state index contributed by atoms with van der Waals surface area (Å²) in [5, 5.41) is 15.2. The van der Waals surface area contributed by atoms with Gasteiger partial charge in [0.25, 0.3) is 5.69 Å². The fourth-order valence-corrected chi connectivity index (χ4v) is 2.78. The van der Waals surface area contributed by atoms with E-state index in [-0.39, 0.29) is 5.69 Å². The number of non-ortho nitro benzene ring substituents is 1. The summed E-state index contributed by atoms with van der Waals surface area (Å²) in [5.74, 6) is 0. The third kappa shape index (κ3) is 5.48. The van der Waals surface area contributed by atoms with Crippen LogP contribution >= 0.6 is 11.8 Å². The molecule has 1 aromatic heterocycles. The number of thioether (sulfide) groups is 1. The van der Waals surface area contributed by atoms with Gasteiger partial charge in [-0.15, -0.1) is 11.8 Å². The van der Waals surface area contributed by atoms with E-state index in [2.05, 4.69) is 15.3 Å². The lowest BCUT2D eigenvalue weighted by Crippen LogP contribution is -2.33. The van der Waals surface area contributed by atoms with Crippen molar-refractivity contribution in [2.45, 2.75) is 26.4 Å². The Hall–Kier alpha value is -2.55. The van der Waals surface area contributed by atoms with Gasteiger partial charge in [0, 0.05) is 24.1 Å². The van der Waals surface area contributed by atoms with Gasteiger partial charge in [-0.1, -0.05) is 0 Å². The topological polar surface area (TPSA) is 110 Å². The molecule has 0 saturated carbocycles. The predicted octanol–water partition coefficient (Wildman–Crippen LogP) is 3.71. The van der Waals surface area contributed by atoms with E-state index in [4.69, 9.17) is 4.74 Å². The van der Waals surface area contributed by atoms with Crippen molar-refractivity contribution in [3.05, 3.63) is 40.1 Å². The van der Waals surface area contributed by atoms with E-state index in [1.54, 1.807) is 26.8 Å². The largest absolute Gasteiger partial charge is 0.444 e. The molecule has 26 heavy (non-hydrogen) atoms. The number of fused-ring (bicyclic) bond motifs is 1. The molecule has 0 aliphatic carbocycles. The Morgan fingerprint density at radius 2 is 2.12 bits per heavy atom. The molecule has 0 atom stereocenters. The molecule has 1 heterocycles. The Morgan fingerprint density at radius 3 is 2.73 bits per heavy atom. The quantitative estimate of drug-likeness (QED) is 0.271. The lowest BCUT2D eigenvalue weighted by Gasteiger charge is -2.19. The van der Waals surface area contributed by atoms with E-state index in [1.165, 1.54) is 23.9 Å². The lowest BCUT2D eigenvalue weighted by atomic mass is 10.2. The monoisotopic (exact) mass is 378 g/mol. The number of H-pyrrole nitrogens is 1. The van der Waals surface area contributed by atoms with Crippen molar-refractivity contribution in [3.63, 3.8) is 0 Å². The maximum absolute atomic E-state index is 11.6. The number of benzene rings is 1. The van der Waals surface area contributed by atoms with E-state index in [1.807, 2.05) is 12.3 Å². The number of carbonyl (C=O) groups excluding carboxylic acids is 1. The number of nitro groups is 1. The van der Waals surface area contributed by atoms with Gasteiger partial charge in [-0.25, -0.2) is 4.79 Å². The molecule has 0 aliphatic heterocycles. The SMILES string of the molecule is CSC(=NCCNC(=O)OC(C)(C)C)c1cc2ccc([N+](=O)[O-])cc2[nH]1. The minimum Gasteiger partial charge on any atom is -0.444 e. The predicted molar refractivity (Wildman–Crippen MR) is 104 cm³/mol. The zero-order valence-corrected chi connectivity index (χ0v) is 16.0. The van der Waals surface area contributed by atoms with Crippen LogP contribution in [0.4, 0.5) is 10.5 Å². The minimum absolute atomic E-state index is 0.0371. The number of aliphatic imine (C=N–C) groups is 1. The first-order valence-corrected chi connectivity index (χ1v) is 9.25. The Bertz CT molecular complexity index is 839. The van der Waals surface area contributed by atoms with Gasteiger partial charge >= 0.3 is 6.09 Å². The molecule has 0 bridgehead atoms. The third-order valence-electron chi connectivity index (χ3n) is 3.28. The average Bonchev–Trinajstić information content (AvgIpc) is 2.95. The Labute approximate surface area is 155 Å². The summed E-state index contributed by atoms with van der Waals surface area (Å²) in [6.45, 7) is 6.15. The standard InChI is InChI=1S/C17H22N4O4S/c1-17(2,3)25-16(22)19-8-7-18-15(26-4)14-9-11-5-6-12(21(23)24)10-13(11)20-14/h5-6,9-10,20H,7-8H2,1-4H3,(H,19,22). The molecule has 0 spiro atoms. The summed E-state index contributed by atoms with van der Waals surface area (Å²) < 4.78 is 5.16. The molecule has 0 aliphatic rings. The number of alkyl carbamates (subject to hydrolysis) is 1. The summed E-state index contributed by atoms with van der Waals surface area (Å²) in [4.78, 5) is 29.7.